The summed E-state index contributed by atoms with van der Waals surface area (Å²) in [6.07, 6.45) is 1.43. The van der Waals surface area contributed by atoms with Gasteiger partial charge in [-0.2, -0.15) is 11.4 Å². The molecule has 2 aromatic carbocycles. The van der Waals surface area contributed by atoms with Gasteiger partial charge in [0, 0.05) is 5.01 Å². The van der Waals surface area contributed by atoms with Gasteiger partial charge < -0.3 is 15.3 Å². The second-order valence-electron chi connectivity index (χ2n) is 4.13. The largest absolute Gasteiger partial charge is 0.498 e. The van der Waals surface area contributed by atoms with Gasteiger partial charge in [0.2, 0.25) is 12.2 Å². The molecule has 0 aliphatic rings. The molecule has 0 aliphatic carbocycles. The SMILES string of the molecule is N=COCCNC=O.[C-]#[N+]Oc1ccccc1.[O-][N+]#Cc1ccccc1. The van der Waals surface area contributed by atoms with Gasteiger partial charge in [0.25, 0.3) is 0 Å². The molecule has 2 N–H and O–H groups in total. The number of carbonyl (C=O) groups is 1. The van der Waals surface area contributed by atoms with Crippen LogP contribution in [0.1, 0.15) is 5.56 Å². The highest BCUT2D eigenvalue weighted by atomic mass is 16.6. The van der Waals surface area contributed by atoms with Crippen LogP contribution in [0, 0.1) is 23.3 Å². The lowest BCUT2D eigenvalue weighted by Gasteiger charge is -1.95. The van der Waals surface area contributed by atoms with Crippen LogP contribution < -0.4 is 10.2 Å². The lowest BCUT2D eigenvalue weighted by Crippen LogP contribution is -2.16. The van der Waals surface area contributed by atoms with E-state index in [0.29, 0.717) is 30.9 Å². The van der Waals surface area contributed by atoms with Crippen LogP contribution in [0.5, 0.6) is 5.75 Å². The van der Waals surface area contributed by atoms with Crippen LogP contribution in [0.4, 0.5) is 0 Å². The molecule has 8 nitrogen and oxygen atoms in total. The van der Waals surface area contributed by atoms with Crippen LogP contribution in [-0.2, 0) is 9.53 Å². The van der Waals surface area contributed by atoms with E-state index < -0.39 is 0 Å². The van der Waals surface area contributed by atoms with Crippen molar-refractivity contribution in [2.24, 2.45) is 0 Å². The second kappa shape index (κ2) is 17.3. The van der Waals surface area contributed by atoms with E-state index >= 15 is 0 Å². The normalized spacial score (nSPS) is 7.65. The first kappa shape index (κ1) is 22.0. The Hall–Kier alpha value is -4.04. The predicted molar refractivity (Wildman–Crippen MR) is 98.6 cm³/mol. The first-order chi connectivity index (χ1) is 12.8. The van der Waals surface area contributed by atoms with Gasteiger partial charge in [-0.3, -0.25) is 10.2 Å². The molecule has 26 heavy (non-hydrogen) atoms. The van der Waals surface area contributed by atoms with Gasteiger partial charge in [0.05, 0.1) is 6.54 Å². The fourth-order valence-corrected chi connectivity index (χ4v) is 1.34. The minimum absolute atomic E-state index is 0.363. The predicted octanol–water partition coefficient (Wildman–Crippen LogP) is 3.12. The quantitative estimate of drug-likeness (QED) is 0.208. The Balaban J connectivity index is 0.000000362. The minimum Gasteiger partial charge on any atom is -0.498 e. The molecule has 0 unspecified atom stereocenters. The number of nitrogens with zero attached hydrogens (tertiary/aromatic N) is 2. The zero-order valence-electron chi connectivity index (χ0n) is 13.9. The van der Waals surface area contributed by atoms with E-state index in [2.05, 4.69) is 31.0 Å². The molecule has 1 amide bonds. The van der Waals surface area contributed by atoms with Gasteiger partial charge >= 0.3 is 6.07 Å². The van der Waals surface area contributed by atoms with Crippen molar-refractivity contribution in [1.29, 1.82) is 5.41 Å². The molecule has 0 bridgehead atoms. The zero-order valence-corrected chi connectivity index (χ0v) is 13.9. The number of hydrogen-bond donors (Lipinski definition) is 2. The van der Waals surface area contributed by atoms with Crippen molar-refractivity contribution >= 4 is 12.8 Å². The number of para-hydroxylation sites is 1. The third kappa shape index (κ3) is 13.6. The lowest BCUT2D eigenvalue weighted by molar-refractivity contribution is -0.109. The monoisotopic (exact) mass is 354 g/mol. The average molecular weight is 354 g/mol. The summed E-state index contributed by atoms with van der Waals surface area (Å²) in [5.74, 6) is 0.590. The first-order valence-electron chi connectivity index (χ1n) is 7.28. The van der Waals surface area contributed by atoms with E-state index in [1.165, 1.54) is 0 Å². The fraction of sp³-hybridized carbons (Fsp3) is 0.111. The number of hydrogen-bond acceptors (Lipinski definition) is 5. The number of nitrogens with one attached hydrogen (secondary N) is 2. The molecule has 0 aliphatic heterocycles. The van der Waals surface area contributed by atoms with Gasteiger partial charge in [0.15, 0.2) is 6.40 Å². The second-order valence-corrected chi connectivity index (χ2v) is 4.13. The highest BCUT2D eigenvalue weighted by Gasteiger charge is 1.89. The van der Waals surface area contributed by atoms with E-state index in [1.54, 1.807) is 24.3 Å². The van der Waals surface area contributed by atoms with Gasteiger partial charge in [-0.1, -0.05) is 36.4 Å². The molecule has 0 fully saturated rings. The summed E-state index contributed by atoms with van der Waals surface area (Å²) in [4.78, 5) is 14.0. The van der Waals surface area contributed by atoms with Gasteiger partial charge in [-0.05, 0) is 29.3 Å². The molecule has 8 heteroatoms. The maximum atomic E-state index is 9.61. The van der Waals surface area contributed by atoms with Gasteiger partial charge in [-0.15, -0.1) is 0 Å². The summed E-state index contributed by atoms with van der Waals surface area (Å²) < 4.78 is 4.46. The Morgan fingerprint density at radius 3 is 2.27 bits per heavy atom. The molecule has 0 saturated heterocycles. The van der Waals surface area contributed by atoms with Crippen LogP contribution in [-0.4, -0.2) is 26.0 Å². The molecule has 2 rings (SSSR count). The van der Waals surface area contributed by atoms with E-state index in [1.807, 2.05) is 36.4 Å². The molecular formula is C18H18N4O4. The van der Waals surface area contributed by atoms with Crippen molar-refractivity contribution in [3.05, 3.63) is 88.0 Å². The topological polar surface area (TPSA) is 103 Å². The molecule has 0 radical (unpaired) electrons. The summed E-state index contributed by atoms with van der Waals surface area (Å²) in [6.45, 7) is 7.16. The maximum absolute atomic E-state index is 9.61. The highest BCUT2D eigenvalue weighted by Crippen LogP contribution is 2.07. The Morgan fingerprint density at radius 2 is 1.77 bits per heavy atom. The summed E-state index contributed by atoms with van der Waals surface area (Å²) in [5.41, 5.74) is 0.715. The summed E-state index contributed by atoms with van der Waals surface area (Å²) in [5, 5.41) is 23.6. The number of amides is 1. The van der Waals surface area contributed by atoms with Crippen molar-refractivity contribution in [2.75, 3.05) is 13.2 Å². The lowest BCUT2D eigenvalue weighted by atomic mass is 10.2. The average Bonchev–Trinajstić information content (AvgIpc) is 2.69. The first-order valence-corrected chi connectivity index (χ1v) is 7.28. The molecular weight excluding hydrogens is 336 g/mol. The van der Waals surface area contributed by atoms with Crippen LogP contribution in [0.3, 0.4) is 0 Å². The molecule has 0 spiro atoms. The summed E-state index contributed by atoms with van der Waals surface area (Å²) in [7, 11) is 0. The Kier molecular flexibility index (Phi) is 14.6. The number of benzene rings is 2. The van der Waals surface area contributed by atoms with Crippen LogP contribution >= 0.6 is 0 Å². The Labute approximate surface area is 151 Å². The zero-order chi connectivity index (χ0) is 19.3. The van der Waals surface area contributed by atoms with Crippen molar-refractivity contribution < 1.29 is 14.4 Å². The third-order valence-electron chi connectivity index (χ3n) is 2.37. The molecule has 134 valence electrons. The van der Waals surface area contributed by atoms with Crippen molar-refractivity contribution in [3.8, 4) is 11.8 Å². The fourth-order valence-electron chi connectivity index (χ4n) is 1.34. The number of carbonyl (C=O) groups excluding carboxylic acids is 1. The molecule has 0 aromatic heterocycles. The minimum atomic E-state index is 0.363. The van der Waals surface area contributed by atoms with Crippen LogP contribution in [0.2, 0.25) is 0 Å². The van der Waals surface area contributed by atoms with Gasteiger partial charge in [0.1, 0.15) is 12.2 Å². The molecule has 0 saturated carbocycles. The number of ether oxygens (including phenoxy) is 1. The van der Waals surface area contributed by atoms with E-state index in [-0.39, 0.29) is 0 Å². The van der Waals surface area contributed by atoms with Crippen molar-refractivity contribution in [2.45, 2.75) is 0 Å². The number of rotatable bonds is 6. The summed E-state index contributed by atoms with van der Waals surface area (Å²) >= 11 is 0. The van der Waals surface area contributed by atoms with E-state index in [0.717, 1.165) is 6.40 Å². The third-order valence-corrected chi connectivity index (χ3v) is 2.37. The molecule has 0 heterocycles. The van der Waals surface area contributed by atoms with Crippen LogP contribution in [0.25, 0.3) is 10.0 Å². The van der Waals surface area contributed by atoms with Gasteiger partial charge in [-0.25, -0.2) is 0 Å². The van der Waals surface area contributed by atoms with Crippen molar-refractivity contribution in [1.82, 2.24) is 5.32 Å². The van der Waals surface area contributed by atoms with E-state index in [4.69, 9.17) is 12.0 Å². The molecule has 2 aromatic rings. The van der Waals surface area contributed by atoms with Crippen molar-refractivity contribution in [3.63, 3.8) is 0 Å². The molecule has 0 atom stereocenters. The highest BCUT2D eigenvalue weighted by molar-refractivity contribution is 5.46. The van der Waals surface area contributed by atoms with Crippen LogP contribution in [0.15, 0.2) is 60.7 Å². The standard InChI is InChI=1S/2C7H5NO.C4H8N2O2/c1-8-9-7-5-3-2-4-6-7;9-8-6-7-4-2-1-3-5-7;5-3-8-2-1-6-4-7/h2-6H;1-5H;3-5H,1-2H2,(H,6,7). The summed E-state index contributed by atoms with van der Waals surface area (Å²) in [6, 6.07) is 20.3. The Morgan fingerprint density at radius 1 is 1.15 bits per heavy atom. The maximum Gasteiger partial charge on any atom is 0.336 e. The van der Waals surface area contributed by atoms with E-state index in [9.17, 15) is 10.0 Å². The smallest absolute Gasteiger partial charge is 0.336 e. The Bertz CT molecular complexity index is 697.